The number of aryl methyl sites for hydroxylation is 1. The van der Waals surface area contributed by atoms with E-state index < -0.39 is 39.2 Å². The number of nitrogens with one attached hydrogen (secondary N) is 2. The van der Waals surface area contributed by atoms with Crippen molar-refractivity contribution < 1.29 is 30.8 Å². The monoisotopic (exact) mass is 483 g/mol. The lowest BCUT2D eigenvalue weighted by Gasteiger charge is -2.13. The van der Waals surface area contributed by atoms with E-state index in [1.807, 2.05) is 4.72 Å². The number of carbonyl (C=O) groups is 1. The van der Waals surface area contributed by atoms with Crippen molar-refractivity contribution in [3.05, 3.63) is 64.2 Å². The second-order valence-electron chi connectivity index (χ2n) is 7.04. The molecule has 6 nitrogen and oxygen atoms in total. The summed E-state index contributed by atoms with van der Waals surface area (Å²) in [5, 5.41) is 2.42. The van der Waals surface area contributed by atoms with Crippen LogP contribution in [0.2, 0.25) is 0 Å². The Morgan fingerprint density at radius 1 is 1.30 bits per heavy atom. The van der Waals surface area contributed by atoms with Crippen LogP contribution in [0.15, 0.2) is 30.5 Å². The van der Waals surface area contributed by atoms with Crippen LogP contribution in [-0.2, 0) is 34.0 Å². The van der Waals surface area contributed by atoms with E-state index in [4.69, 9.17) is 6.42 Å². The number of terminal acetylenes is 1. The number of benzene rings is 1. The van der Waals surface area contributed by atoms with Crippen LogP contribution < -0.4 is 10.0 Å². The van der Waals surface area contributed by atoms with Gasteiger partial charge in [0.15, 0.2) is 0 Å². The number of halogens is 4. The third kappa shape index (κ3) is 7.32. The van der Waals surface area contributed by atoms with Gasteiger partial charge in [0, 0.05) is 30.1 Å². The highest BCUT2D eigenvalue weighted by atomic mass is 32.2. The number of pyridine rings is 1. The Bertz CT molecular complexity index is 1220. The zero-order valence-electron chi connectivity index (χ0n) is 17.8. The van der Waals surface area contributed by atoms with Gasteiger partial charge in [0.25, 0.3) is 0 Å². The molecule has 0 radical (unpaired) electrons. The molecule has 1 heterocycles. The molecular formula is C22H21F4N3O3S. The molecule has 1 amide bonds. The molecule has 2 aromatic rings. The highest BCUT2D eigenvalue weighted by Crippen LogP contribution is 2.33. The summed E-state index contributed by atoms with van der Waals surface area (Å²) in [4.78, 5) is 16.2. The van der Waals surface area contributed by atoms with Crippen LogP contribution in [0.5, 0.6) is 0 Å². The third-order valence-corrected chi connectivity index (χ3v) is 4.90. The minimum atomic E-state index is -4.62. The maximum absolute atomic E-state index is 14.3. The minimum Gasteiger partial charge on any atom is -0.348 e. The molecule has 176 valence electrons. The Morgan fingerprint density at radius 2 is 2.00 bits per heavy atom. The Balaban J connectivity index is 2.22. The van der Waals surface area contributed by atoms with Gasteiger partial charge in [-0.3, -0.25) is 14.5 Å². The number of rotatable bonds is 8. The molecule has 0 saturated carbocycles. The number of aromatic nitrogens is 1. The molecule has 11 heteroatoms. The van der Waals surface area contributed by atoms with E-state index in [0.717, 1.165) is 36.7 Å². The number of hydrogen-bond acceptors (Lipinski definition) is 4. The van der Waals surface area contributed by atoms with Crippen LogP contribution in [0.1, 0.15) is 41.3 Å². The van der Waals surface area contributed by atoms with E-state index in [9.17, 15) is 30.8 Å². The van der Waals surface area contributed by atoms with Crippen molar-refractivity contribution >= 4 is 27.7 Å². The molecule has 0 fully saturated rings. The summed E-state index contributed by atoms with van der Waals surface area (Å²) < 4.78 is 79.1. The van der Waals surface area contributed by atoms with E-state index in [2.05, 4.69) is 16.2 Å². The van der Waals surface area contributed by atoms with Crippen LogP contribution in [0.25, 0.3) is 6.08 Å². The van der Waals surface area contributed by atoms with Crippen molar-refractivity contribution in [2.75, 3.05) is 11.0 Å². The minimum absolute atomic E-state index is 0.0744. The van der Waals surface area contributed by atoms with Gasteiger partial charge in [-0.05, 0) is 36.3 Å². The first-order chi connectivity index (χ1) is 15.4. The van der Waals surface area contributed by atoms with Crippen molar-refractivity contribution in [2.24, 2.45) is 0 Å². The summed E-state index contributed by atoms with van der Waals surface area (Å²) in [6.07, 6.45) is 5.45. The Labute approximate surface area is 189 Å². The lowest BCUT2D eigenvalue weighted by Crippen LogP contribution is -2.21. The zero-order valence-corrected chi connectivity index (χ0v) is 18.6. The van der Waals surface area contributed by atoms with Gasteiger partial charge < -0.3 is 5.32 Å². The van der Waals surface area contributed by atoms with Gasteiger partial charge in [-0.25, -0.2) is 12.8 Å². The van der Waals surface area contributed by atoms with Gasteiger partial charge in [0.1, 0.15) is 5.82 Å². The summed E-state index contributed by atoms with van der Waals surface area (Å²) >= 11 is 0. The first-order valence-corrected chi connectivity index (χ1v) is 11.5. The van der Waals surface area contributed by atoms with Gasteiger partial charge in [0.05, 0.1) is 23.1 Å². The number of carbonyl (C=O) groups excluding carboxylic acids is 1. The number of sulfonamides is 1. The fourth-order valence-electron chi connectivity index (χ4n) is 2.96. The Morgan fingerprint density at radius 3 is 2.58 bits per heavy atom. The highest BCUT2D eigenvalue weighted by molar-refractivity contribution is 7.92. The van der Waals surface area contributed by atoms with Crippen LogP contribution in [0.3, 0.4) is 0 Å². The fourth-order valence-corrected chi connectivity index (χ4v) is 3.54. The molecule has 2 N–H and O–H groups in total. The van der Waals surface area contributed by atoms with Crippen molar-refractivity contribution in [2.45, 2.75) is 32.5 Å². The van der Waals surface area contributed by atoms with Crippen molar-refractivity contribution in [1.82, 2.24) is 10.3 Å². The predicted octanol–water partition coefficient (Wildman–Crippen LogP) is 3.87. The number of alkyl halides is 3. The summed E-state index contributed by atoms with van der Waals surface area (Å²) in [5.41, 5.74) is -1.13. The van der Waals surface area contributed by atoms with Gasteiger partial charge in [-0.1, -0.05) is 19.3 Å². The van der Waals surface area contributed by atoms with Crippen molar-refractivity contribution in [3.63, 3.8) is 0 Å². The average Bonchev–Trinajstić information content (AvgIpc) is 2.71. The third-order valence-electron chi connectivity index (χ3n) is 4.33. The van der Waals surface area contributed by atoms with E-state index in [0.29, 0.717) is 12.8 Å². The van der Waals surface area contributed by atoms with Crippen LogP contribution >= 0.6 is 0 Å². The van der Waals surface area contributed by atoms with Crippen LogP contribution in [-0.4, -0.2) is 25.6 Å². The molecule has 0 saturated heterocycles. The quantitative estimate of drug-likeness (QED) is 0.339. The van der Waals surface area contributed by atoms with Gasteiger partial charge >= 0.3 is 6.18 Å². The summed E-state index contributed by atoms with van der Waals surface area (Å²) in [7, 11) is -3.78. The van der Waals surface area contributed by atoms with Gasteiger partial charge in [-0.2, -0.15) is 13.2 Å². The number of nitrogens with zero attached hydrogens (tertiary/aromatic N) is 1. The number of hydrogen-bond donors (Lipinski definition) is 2. The number of anilines is 1. The van der Waals surface area contributed by atoms with Gasteiger partial charge in [-0.15, -0.1) is 6.42 Å². The maximum Gasteiger partial charge on any atom is 0.417 e. The van der Waals surface area contributed by atoms with Crippen molar-refractivity contribution in [1.29, 1.82) is 0 Å². The van der Waals surface area contributed by atoms with Crippen LogP contribution in [0.4, 0.5) is 23.2 Å². The second-order valence-corrected chi connectivity index (χ2v) is 8.79. The molecular weight excluding hydrogens is 462 g/mol. The standard InChI is InChI=1S/C22H21F4N3O3S/c1-4-6-19-16(17(9-10-27-19)22(24,25)26)7-8-20(30)28-13-14-11-15(5-2)21(18(23)12-14)29-33(3,31)32/h2,7-12,29H,4,6,13H2,1,3H3,(H,28,30). The molecule has 0 unspecified atom stereocenters. The molecule has 33 heavy (non-hydrogen) atoms. The largest absolute Gasteiger partial charge is 0.417 e. The van der Waals surface area contributed by atoms with E-state index in [1.165, 1.54) is 6.07 Å². The summed E-state index contributed by atoms with van der Waals surface area (Å²) in [6, 6.07) is 3.14. The molecule has 0 aliphatic rings. The molecule has 1 aromatic heterocycles. The normalized spacial score (nSPS) is 11.9. The average molecular weight is 483 g/mol. The molecule has 0 aliphatic carbocycles. The van der Waals surface area contributed by atoms with E-state index in [1.54, 1.807) is 6.92 Å². The number of amides is 1. The summed E-state index contributed by atoms with van der Waals surface area (Å²) in [5.74, 6) is 0.499. The lowest BCUT2D eigenvalue weighted by atomic mass is 10.0. The maximum atomic E-state index is 14.3. The fraction of sp³-hybridized carbons (Fsp3) is 0.273. The topological polar surface area (TPSA) is 88.2 Å². The smallest absolute Gasteiger partial charge is 0.348 e. The molecule has 2 rings (SSSR count). The highest BCUT2D eigenvalue weighted by Gasteiger charge is 2.33. The lowest BCUT2D eigenvalue weighted by molar-refractivity contribution is -0.137. The van der Waals surface area contributed by atoms with E-state index >= 15 is 0 Å². The van der Waals surface area contributed by atoms with Gasteiger partial charge in [0.2, 0.25) is 15.9 Å². The molecule has 0 aliphatic heterocycles. The molecule has 0 bridgehead atoms. The first-order valence-electron chi connectivity index (χ1n) is 9.63. The molecule has 0 spiro atoms. The molecule has 1 aromatic carbocycles. The SMILES string of the molecule is C#Cc1cc(CNC(=O)C=Cc2c(C(F)(F)F)ccnc2CCC)cc(F)c1NS(C)(=O)=O. The molecule has 0 atom stereocenters. The second kappa shape index (κ2) is 10.5. The van der Waals surface area contributed by atoms with Crippen LogP contribution in [0, 0.1) is 18.2 Å². The Kier molecular flexibility index (Phi) is 8.22. The first kappa shape index (κ1) is 25.9. The van der Waals surface area contributed by atoms with E-state index in [-0.39, 0.29) is 28.9 Å². The predicted molar refractivity (Wildman–Crippen MR) is 117 cm³/mol. The summed E-state index contributed by atoms with van der Waals surface area (Å²) in [6.45, 7) is 1.59. The Hall–Kier alpha value is -3.39. The zero-order chi connectivity index (χ0) is 24.8. The van der Waals surface area contributed by atoms with Crippen molar-refractivity contribution in [3.8, 4) is 12.3 Å².